The van der Waals surface area contributed by atoms with Gasteiger partial charge in [-0.05, 0) is 50.8 Å². The molecule has 0 aliphatic carbocycles. The number of carbonyl (C=O) groups excluding carboxylic acids is 1. The summed E-state index contributed by atoms with van der Waals surface area (Å²) in [5.41, 5.74) is 0.308. The maximum Gasteiger partial charge on any atom is 0.253 e. The summed E-state index contributed by atoms with van der Waals surface area (Å²) < 4.78 is 43.8. The maximum atomic E-state index is 12.9. The largest absolute Gasteiger partial charge is 0.495 e. The number of benzene rings is 1. The lowest BCUT2D eigenvalue weighted by Crippen LogP contribution is -2.35. The molecule has 1 N–H and O–H groups in total. The molecule has 9 heteroatoms. The molecule has 1 aromatic rings. The van der Waals surface area contributed by atoms with Crippen molar-refractivity contribution in [2.45, 2.75) is 56.1 Å². The van der Waals surface area contributed by atoms with Crippen molar-refractivity contribution >= 4 is 21.6 Å². The van der Waals surface area contributed by atoms with Gasteiger partial charge in [0.1, 0.15) is 11.9 Å². The van der Waals surface area contributed by atoms with Crippen LogP contribution in [0.5, 0.6) is 5.75 Å². The van der Waals surface area contributed by atoms with Gasteiger partial charge in [-0.2, -0.15) is 4.31 Å². The molecule has 1 aromatic carbocycles. The first kappa shape index (κ1) is 22.0. The van der Waals surface area contributed by atoms with Gasteiger partial charge in [0.2, 0.25) is 10.0 Å². The van der Waals surface area contributed by atoms with Gasteiger partial charge >= 0.3 is 0 Å². The Labute approximate surface area is 172 Å². The molecular weight excluding hydrogens is 396 g/mol. The van der Waals surface area contributed by atoms with Crippen molar-refractivity contribution < 1.29 is 27.4 Å². The molecule has 2 unspecified atom stereocenters. The molecule has 3 rings (SSSR count). The highest BCUT2D eigenvalue weighted by Gasteiger charge is 2.27. The highest BCUT2D eigenvalue weighted by atomic mass is 32.2. The van der Waals surface area contributed by atoms with Gasteiger partial charge in [0, 0.05) is 19.7 Å². The molecule has 0 radical (unpaired) electrons. The second-order valence-electron chi connectivity index (χ2n) is 7.43. The van der Waals surface area contributed by atoms with Crippen molar-refractivity contribution in [3.8, 4) is 5.75 Å². The van der Waals surface area contributed by atoms with Crippen LogP contribution in [0.2, 0.25) is 0 Å². The quantitative estimate of drug-likeness (QED) is 0.686. The number of nitrogens with one attached hydrogen (secondary N) is 1. The predicted molar refractivity (Wildman–Crippen MR) is 109 cm³/mol. The zero-order chi connectivity index (χ0) is 20.9. The molecule has 2 aliphatic heterocycles. The summed E-state index contributed by atoms with van der Waals surface area (Å²) in [5, 5.41) is 2.74. The fourth-order valence-corrected chi connectivity index (χ4v) is 5.08. The number of hydrogen-bond acceptors (Lipinski definition) is 6. The van der Waals surface area contributed by atoms with E-state index in [1.807, 2.05) is 0 Å². The number of rotatable bonds is 8. The molecule has 0 saturated carbocycles. The summed E-state index contributed by atoms with van der Waals surface area (Å²) in [6.45, 7) is 3.78. The van der Waals surface area contributed by atoms with E-state index >= 15 is 0 Å². The number of nitrogens with zero attached hydrogens (tertiary/aromatic N) is 1. The van der Waals surface area contributed by atoms with Crippen molar-refractivity contribution in [1.82, 2.24) is 4.31 Å². The Bertz CT molecular complexity index is 801. The van der Waals surface area contributed by atoms with Gasteiger partial charge in [-0.1, -0.05) is 6.42 Å². The van der Waals surface area contributed by atoms with Crippen LogP contribution in [0.1, 0.15) is 39.0 Å². The Hall–Kier alpha value is -1.68. The smallest absolute Gasteiger partial charge is 0.253 e. The molecular formula is C20H30N2O6S. The first-order valence-corrected chi connectivity index (χ1v) is 11.6. The van der Waals surface area contributed by atoms with E-state index in [1.165, 1.54) is 23.5 Å². The van der Waals surface area contributed by atoms with Gasteiger partial charge in [-0.25, -0.2) is 8.42 Å². The number of amides is 1. The van der Waals surface area contributed by atoms with E-state index in [0.717, 1.165) is 38.7 Å². The van der Waals surface area contributed by atoms with Gasteiger partial charge in [0.25, 0.3) is 5.91 Å². The fraction of sp³-hybridized carbons (Fsp3) is 0.650. The number of sulfonamides is 1. The van der Waals surface area contributed by atoms with E-state index < -0.39 is 16.1 Å². The topological polar surface area (TPSA) is 94.2 Å². The molecule has 1 amide bonds. The van der Waals surface area contributed by atoms with Crippen molar-refractivity contribution in [1.29, 1.82) is 0 Å². The standard InChI is InChI=1S/C20H30N2O6S/c1-15(28-14-16-7-6-12-27-16)20(23)21-18-13-17(8-9-19(18)26-2)29(24,25)22-10-4-3-5-11-22/h8-9,13,15-16H,3-7,10-12,14H2,1-2H3,(H,21,23). The summed E-state index contributed by atoms with van der Waals surface area (Å²) in [7, 11) is -2.13. The summed E-state index contributed by atoms with van der Waals surface area (Å²) in [4.78, 5) is 12.7. The van der Waals surface area contributed by atoms with Crippen molar-refractivity contribution in [2.75, 3.05) is 38.7 Å². The molecule has 0 spiro atoms. The molecule has 8 nitrogen and oxygen atoms in total. The number of carbonyl (C=O) groups is 1. The fourth-order valence-electron chi connectivity index (χ4n) is 3.54. The Morgan fingerprint density at radius 3 is 2.69 bits per heavy atom. The summed E-state index contributed by atoms with van der Waals surface area (Å²) in [6, 6.07) is 4.52. The van der Waals surface area contributed by atoms with Gasteiger partial charge in [-0.3, -0.25) is 4.79 Å². The average molecular weight is 427 g/mol. The van der Waals surface area contributed by atoms with Crippen molar-refractivity contribution in [3.05, 3.63) is 18.2 Å². The number of piperidine rings is 1. The van der Waals surface area contributed by atoms with Crippen LogP contribution in [0.4, 0.5) is 5.69 Å². The molecule has 162 valence electrons. The van der Waals surface area contributed by atoms with Crippen molar-refractivity contribution in [3.63, 3.8) is 0 Å². The second-order valence-corrected chi connectivity index (χ2v) is 9.36. The molecule has 2 fully saturated rings. The summed E-state index contributed by atoms with van der Waals surface area (Å²) in [6.07, 6.45) is 4.02. The third kappa shape index (κ3) is 5.48. The van der Waals surface area contributed by atoms with Crippen LogP contribution < -0.4 is 10.1 Å². The third-order valence-corrected chi connectivity index (χ3v) is 7.20. The maximum absolute atomic E-state index is 12.9. The third-order valence-electron chi connectivity index (χ3n) is 5.31. The lowest BCUT2D eigenvalue weighted by atomic mass is 10.2. The summed E-state index contributed by atoms with van der Waals surface area (Å²) in [5.74, 6) is 0.0242. The lowest BCUT2D eigenvalue weighted by Gasteiger charge is -2.26. The van der Waals surface area contributed by atoms with E-state index in [-0.39, 0.29) is 16.9 Å². The van der Waals surface area contributed by atoms with Crippen LogP contribution in [-0.2, 0) is 24.3 Å². The minimum atomic E-state index is -3.61. The Balaban J connectivity index is 1.70. The monoisotopic (exact) mass is 426 g/mol. The second kappa shape index (κ2) is 9.88. The minimum Gasteiger partial charge on any atom is -0.495 e. The predicted octanol–water partition coefficient (Wildman–Crippen LogP) is 2.39. The van der Waals surface area contributed by atoms with E-state index in [0.29, 0.717) is 31.1 Å². The van der Waals surface area contributed by atoms with Crippen LogP contribution in [0.3, 0.4) is 0 Å². The zero-order valence-corrected chi connectivity index (χ0v) is 17.9. The average Bonchev–Trinajstić information content (AvgIpc) is 3.26. The van der Waals surface area contributed by atoms with Gasteiger partial charge < -0.3 is 19.5 Å². The first-order chi connectivity index (χ1) is 13.9. The molecule has 0 aromatic heterocycles. The Kier molecular flexibility index (Phi) is 7.50. The molecule has 2 saturated heterocycles. The zero-order valence-electron chi connectivity index (χ0n) is 17.1. The van der Waals surface area contributed by atoms with Gasteiger partial charge in [0.05, 0.1) is 30.4 Å². The number of methoxy groups -OCH3 is 1. The van der Waals surface area contributed by atoms with Crippen LogP contribution in [0.15, 0.2) is 23.1 Å². The molecule has 2 heterocycles. The van der Waals surface area contributed by atoms with Crippen LogP contribution >= 0.6 is 0 Å². The first-order valence-electron chi connectivity index (χ1n) is 10.1. The number of ether oxygens (including phenoxy) is 3. The molecule has 0 bridgehead atoms. The van der Waals surface area contributed by atoms with E-state index in [4.69, 9.17) is 14.2 Å². The van der Waals surface area contributed by atoms with E-state index in [1.54, 1.807) is 13.0 Å². The SMILES string of the molecule is COc1ccc(S(=O)(=O)N2CCCCC2)cc1NC(=O)C(C)OCC1CCCO1. The van der Waals surface area contributed by atoms with Crippen LogP contribution in [0, 0.1) is 0 Å². The highest BCUT2D eigenvalue weighted by molar-refractivity contribution is 7.89. The van der Waals surface area contributed by atoms with Crippen LogP contribution in [0.25, 0.3) is 0 Å². The Morgan fingerprint density at radius 1 is 1.28 bits per heavy atom. The van der Waals surface area contributed by atoms with Crippen LogP contribution in [-0.4, -0.2) is 64.3 Å². The van der Waals surface area contributed by atoms with Crippen molar-refractivity contribution in [2.24, 2.45) is 0 Å². The normalized spacial score (nSPS) is 21.7. The summed E-state index contributed by atoms with van der Waals surface area (Å²) >= 11 is 0. The minimum absolute atomic E-state index is 0.0257. The molecule has 2 atom stereocenters. The highest BCUT2D eigenvalue weighted by Crippen LogP contribution is 2.30. The van der Waals surface area contributed by atoms with E-state index in [2.05, 4.69) is 5.32 Å². The lowest BCUT2D eigenvalue weighted by molar-refractivity contribution is -0.128. The Morgan fingerprint density at radius 2 is 2.03 bits per heavy atom. The van der Waals surface area contributed by atoms with Gasteiger partial charge in [-0.15, -0.1) is 0 Å². The molecule has 2 aliphatic rings. The molecule has 29 heavy (non-hydrogen) atoms. The van der Waals surface area contributed by atoms with E-state index in [9.17, 15) is 13.2 Å². The number of hydrogen-bond donors (Lipinski definition) is 1. The number of anilines is 1. The van der Waals surface area contributed by atoms with Gasteiger partial charge in [0.15, 0.2) is 0 Å².